The molecular formula is C25H24F3N5O2S. The third-order valence-electron chi connectivity index (χ3n) is 6.35. The molecule has 3 heterocycles. The summed E-state index contributed by atoms with van der Waals surface area (Å²) in [6, 6.07) is 7.65. The average molecular weight is 516 g/mol. The second kappa shape index (κ2) is 9.29. The van der Waals surface area contributed by atoms with E-state index in [9.17, 15) is 22.2 Å². The van der Waals surface area contributed by atoms with Crippen LogP contribution < -0.4 is 5.32 Å². The van der Waals surface area contributed by atoms with E-state index in [1.807, 2.05) is 19.0 Å². The molecular weight excluding hydrogens is 491 g/mol. The lowest BCUT2D eigenvalue weighted by Gasteiger charge is -2.23. The number of hydrogen-bond donors (Lipinski definition) is 2. The van der Waals surface area contributed by atoms with Gasteiger partial charge in [0.25, 0.3) is 5.91 Å². The van der Waals surface area contributed by atoms with Gasteiger partial charge in [0, 0.05) is 51.5 Å². The number of rotatable bonds is 5. The fraction of sp³-hybridized carbons (Fsp3) is 0.320. The molecule has 0 fully saturated rings. The van der Waals surface area contributed by atoms with E-state index in [2.05, 4.69) is 20.5 Å². The van der Waals surface area contributed by atoms with Gasteiger partial charge in [-0.2, -0.15) is 18.3 Å². The normalized spacial score (nSPS) is 16.0. The van der Waals surface area contributed by atoms with Gasteiger partial charge in [0.1, 0.15) is 0 Å². The first-order valence-corrected chi connectivity index (χ1v) is 12.9. The first kappa shape index (κ1) is 24.4. The van der Waals surface area contributed by atoms with Gasteiger partial charge in [-0.1, -0.05) is 12.1 Å². The van der Waals surface area contributed by atoms with E-state index >= 15 is 0 Å². The number of likely N-dealkylation sites (N-methyl/N-ethyl adjacent to an activating group) is 1. The van der Waals surface area contributed by atoms with E-state index < -0.39 is 22.5 Å². The largest absolute Gasteiger partial charge is 0.418 e. The Kier molecular flexibility index (Phi) is 6.29. The maximum absolute atomic E-state index is 14.1. The van der Waals surface area contributed by atoms with Crippen molar-refractivity contribution in [3.63, 3.8) is 0 Å². The zero-order chi connectivity index (χ0) is 25.6. The van der Waals surface area contributed by atoms with Gasteiger partial charge in [0.05, 0.1) is 34.2 Å². The van der Waals surface area contributed by atoms with Crippen LogP contribution in [0.15, 0.2) is 36.5 Å². The number of nitrogens with one attached hydrogen (secondary N) is 2. The predicted molar refractivity (Wildman–Crippen MR) is 133 cm³/mol. The van der Waals surface area contributed by atoms with Gasteiger partial charge in [-0.25, -0.2) is 4.98 Å². The molecule has 2 N–H and O–H groups in total. The Labute approximate surface area is 207 Å². The lowest BCUT2D eigenvalue weighted by Crippen LogP contribution is -2.31. The monoisotopic (exact) mass is 515 g/mol. The van der Waals surface area contributed by atoms with Crippen molar-refractivity contribution in [1.82, 2.24) is 25.4 Å². The van der Waals surface area contributed by atoms with E-state index in [0.29, 0.717) is 58.4 Å². The quantitative estimate of drug-likeness (QED) is 0.421. The van der Waals surface area contributed by atoms with Gasteiger partial charge in [0.2, 0.25) is 0 Å². The standard InChI is InChI=1S/C25H24F3N5O2S/c1-33(2)9-8-29-24(34)15-5-3-14(4-6-15)22-18-13-36(35)10-7-16(18)21-17-12-30-32-20(17)11-19(23(21)31-22)25(26,27)28/h3-6,11-12H,7-10,13H2,1-2H3,(H,29,34)(H,30,32). The molecule has 0 spiro atoms. The van der Waals surface area contributed by atoms with Crippen LogP contribution in [0.4, 0.5) is 13.2 Å². The molecule has 1 amide bonds. The van der Waals surface area contributed by atoms with Crippen LogP contribution in [0.5, 0.6) is 0 Å². The van der Waals surface area contributed by atoms with Gasteiger partial charge >= 0.3 is 6.18 Å². The van der Waals surface area contributed by atoms with Crippen molar-refractivity contribution in [1.29, 1.82) is 0 Å². The summed E-state index contributed by atoms with van der Waals surface area (Å²) in [5.41, 5.74) is 2.05. The lowest BCUT2D eigenvalue weighted by molar-refractivity contribution is -0.136. The minimum absolute atomic E-state index is 0.150. The number of aromatic amines is 1. The number of fused-ring (bicyclic) bond motifs is 5. The molecule has 1 unspecified atom stereocenters. The highest BCUT2D eigenvalue weighted by Crippen LogP contribution is 2.42. The van der Waals surface area contributed by atoms with Gasteiger partial charge in [-0.05, 0) is 49.8 Å². The van der Waals surface area contributed by atoms with Crippen LogP contribution in [0, 0.1) is 0 Å². The van der Waals surface area contributed by atoms with Crippen molar-refractivity contribution in [2.75, 3.05) is 32.9 Å². The number of benzene rings is 2. The molecule has 5 rings (SSSR count). The number of aromatic nitrogens is 3. The highest BCUT2D eigenvalue weighted by atomic mass is 32.2. The summed E-state index contributed by atoms with van der Waals surface area (Å²) in [6.07, 6.45) is -2.74. The van der Waals surface area contributed by atoms with E-state index in [0.717, 1.165) is 11.6 Å². The topological polar surface area (TPSA) is 91.0 Å². The summed E-state index contributed by atoms with van der Waals surface area (Å²) in [5.74, 6) is 0.336. The first-order valence-electron chi connectivity index (χ1n) is 11.4. The second-order valence-electron chi connectivity index (χ2n) is 9.07. The number of carbonyl (C=O) groups excluding carboxylic acids is 1. The van der Waals surface area contributed by atoms with Crippen LogP contribution in [0.1, 0.15) is 27.0 Å². The highest BCUT2D eigenvalue weighted by molar-refractivity contribution is 7.84. The fourth-order valence-electron chi connectivity index (χ4n) is 4.58. The molecule has 1 atom stereocenters. The van der Waals surface area contributed by atoms with Gasteiger partial charge < -0.3 is 10.2 Å². The predicted octanol–water partition coefficient (Wildman–Crippen LogP) is 3.89. The number of H-pyrrole nitrogens is 1. The molecule has 0 saturated carbocycles. The second-order valence-corrected chi connectivity index (χ2v) is 10.6. The molecule has 7 nitrogen and oxygen atoms in total. The van der Waals surface area contributed by atoms with Crippen LogP contribution in [0.3, 0.4) is 0 Å². The van der Waals surface area contributed by atoms with Crippen molar-refractivity contribution in [3.8, 4) is 11.3 Å². The number of nitrogens with zero attached hydrogens (tertiary/aromatic N) is 3. The lowest BCUT2D eigenvalue weighted by atomic mass is 9.92. The number of aryl methyl sites for hydroxylation is 1. The molecule has 0 saturated heterocycles. The smallest absolute Gasteiger partial charge is 0.351 e. The molecule has 1 aliphatic heterocycles. The molecule has 2 aromatic carbocycles. The number of alkyl halides is 3. The zero-order valence-electron chi connectivity index (χ0n) is 19.7. The minimum atomic E-state index is -4.62. The molecule has 1 aliphatic rings. The summed E-state index contributed by atoms with van der Waals surface area (Å²) in [4.78, 5) is 18.9. The Morgan fingerprint density at radius 3 is 2.64 bits per heavy atom. The Morgan fingerprint density at radius 2 is 1.94 bits per heavy atom. The number of pyridine rings is 1. The molecule has 0 radical (unpaired) electrons. The number of hydrogen-bond acceptors (Lipinski definition) is 5. The summed E-state index contributed by atoms with van der Waals surface area (Å²) in [7, 11) is 2.67. The van der Waals surface area contributed by atoms with Crippen molar-refractivity contribution >= 4 is 38.5 Å². The number of amides is 1. The Bertz CT molecular complexity index is 1500. The minimum Gasteiger partial charge on any atom is -0.351 e. The van der Waals surface area contributed by atoms with Crippen LogP contribution in [0.2, 0.25) is 0 Å². The third kappa shape index (κ3) is 4.48. The van der Waals surface area contributed by atoms with E-state index in [4.69, 9.17) is 0 Å². The average Bonchev–Trinajstić information content (AvgIpc) is 3.30. The fourth-order valence-corrected chi connectivity index (χ4v) is 5.79. The van der Waals surface area contributed by atoms with Crippen molar-refractivity contribution in [3.05, 3.63) is 58.8 Å². The SMILES string of the molecule is CN(C)CCNC(=O)c1ccc(-c2nc3c(C(F)(F)F)cc4[nH]ncc4c3c3c2CS(=O)CC3)cc1. The van der Waals surface area contributed by atoms with Crippen LogP contribution in [-0.4, -0.2) is 63.1 Å². The van der Waals surface area contributed by atoms with Crippen molar-refractivity contribution in [2.24, 2.45) is 0 Å². The number of halogens is 3. The zero-order valence-corrected chi connectivity index (χ0v) is 20.5. The van der Waals surface area contributed by atoms with E-state index in [-0.39, 0.29) is 22.7 Å². The van der Waals surface area contributed by atoms with Gasteiger partial charge in [0.15, 0.2) is 0 Å². The van der Waals surface area contributed by atoms with E-state index in [1.54, 1.807) is 24.3 Å². The Balaban J connectivity index is 1.66. The summed E-state index contributed by atoms with van der Waals surface area (Å²) < 4.78 is 54.8. The highest BCUT2D eigenvalue weighted by Gasteiger charge is 2.36. The van der Waals surface area contributed by atoms with Crippen LogP contribution in [0.25, 0.3) is 33.1 Å². The molecule has 4 aromatic rings. The maximum Gasteiger partial charge on any atom is 0.418 e. The molecule has 36 heavy (non-hydrogen) atoms. The molecule has 0 aliphatic carbocycles. The van der Waals surface area contributed by atoms with Crippen LogP contribution in [-0.2, 0) is 29.1 Å². The summed E-state index contributed by atoms with van der Waals surface area (Å²) in [5, 5.41) is 10.4. The van der Waals surface area contributed by atoms with Crippen molar-refractivity contribution < 1.29 is 22.2 Å². The first-order chi connectivity index (χ1) is 17.1. The molecule has 2 aromatic heterocycles. The van der Waals surface area contributed by atoms with Gasteiger partial charge in [-0.15, -0.1) is 0 Å². The number of carbonyl (C=O) groups is 1. The Morgan fingerprint density at radius 1 is 1.19 bits per heavy atom. The molecule has 0 bridgehead atoms. The Hall–Kier alpha value is -3.31. The summed E-state index contributed by atoms with van der Waals surface area (Å²) in [6.45, 7) is 1.18. The third-order valence-corrected chi connectivity index (χ3v) is 7.62. The molecule has 188 valence electrons. The molecule has 11 heteroatoms. The van der Waals surface area contributed by atoms with Gasteiger partial charge in [-0.3, -0.25) is 14.1 Å². The van der Waals surface area contributed by atoms with E-state index in [1.165, 1.54) is 6.20 Å². The van der Waals surface area contributed by atoms with Crippen molar-refractivity contribution in [2.45, 2.75) is 18.3 Å². The summed E-state index contributed by atoms with van der Waals surface area (Å²) >= 11 is 0. The maximum atomic E-state index is 14.1. The van der Waals surface area contributed by atoms with Crippen LogP contribution >= 0.6 is 0 Å².